The molecular weight excluding hydrogens is 293 g/mol. The largest absolute Gasteiger partial charge is 0.417 e. The van der Waals surface area contributed by atoms with Crippen molar-refractivity contribution in [2.24, 2.45) is 0 Å². The van der Waals surface area contributed by atoms with Crippen LogP contribution >= 0.6 is 11.6 Å². The summed E-state index contributed by atoms with van der Waals surface area (Å²) in [5.41, 5.74) is -0.437. The van der Waals surface area contributed by atoms with Crippen LogP contribution in [0.15, 0.2) is 18.2 Å². The van der Waals surface area contributed by atoms with Gasteiger partial charge in [0.1, 0.15) is 6.29 Å². The van der Waals surface area contributed by atoms with Gasteiger partial charge in [0.05, 0.1) is 16.6 Å². The highest BCUT2D eigenvalue weighted by molar-refractivity contribution is 6.31. The van der Waals surface area contributed by atoms with E-state index in [4.69, 9.17) is 11.6 Å². The normalized spacial score (nSPS) is 23.8. The van der Waals surface area contributed by atoms with Crippen LogP contribution < -0.4 is 10.2 Å². The number of nitrogens with zero attached hydrogens (tertiary/aromatic N) is 1. The van der Waals surface area contributed by atoms with Crippen LogP contribution in [0, 0.1) is 0 Å². The van der Waals surface area contributed by atoms with Gasteiger partial charge in [0.15, 0.2) is 0 Å². The summed E-state index contributed by atoms with van der Waals surface area (Å²) in [6, 6.07) is 3.20. The Labute approximate surface area is 119 Å². The van der Waals surface area contributed by atoms with E-state index in [1.807, 2.05) is 0 Å². The minimum Gasteiger partial charge on any atom is -0.366 e. The lowest BCUT2D eigenvalue weighted by Crippen LogP contribution is -2.57. The Balaban J connectivity index is 2.35. The second kappa shape index (κ2) is 5.61. The molecule has 0 radical (unpaired) electrons. The van der Waals surface area contributed by atoms with E-state index in [0.717, 1.165) is 12.4 Å². The van der Waals surface area contributed by atoms with Gasteiger partial charge in [0, 0.05) is 24.8 Å². The zero-order chi connectivity index (χ0) is 14.9. The molecule has 0 spiro atoms. The number of benzene rings is 1. The lowest BCUT2D eigenvalue weighted by molar-refractivity contribution is -0.137. The minimum absolute atomic E-state index is 0.219. The van der Waals surface area contributed by atoms with Crippen molar-refractivity contribution in [1.82, 2.24) is 5.32 Å². The molecule has 1 heterocycles. The Morgan fingerprint density at radius 1 is 1.45 bits per heavy atom. The van der Waals surface area contributed by atoms with E-state index in [1.165, 1.54) is 6.07 Å². The molecule has 1 aromatic carbocycles. The van der Waals surface area contributed by atoms with Gasteiger partial charge in [0.2, 0.25) is 0 Å². The lowest BCUT2D eigenvalue weighted by atomic mass is 10.0. The van der Waals surface area contributed by atoms with Gasteiger partial charge in [-0.3, -0.25) is 0 Å². The first-order valence-electron chi connectivity index (χ1n) is 6.16. The van der Waals surface area contributed by atoms with Crippen molar-refractivity contribution in [3.8, 4) is 0 Å². The first kappa shape index (κ1) is 15.1. The van der Waals surface area contributed by atoms with Crippen molar-refractivity contribution in [1.29, 1.82) is 0 Å². The number of alkyl halides is 3. The highest BCUT2D eigenvalue weighted by Crippen LogP contribution is 2.37. The van der Waals surface area contributed by atoms with Crippen LogP contribution in [-0.2, 0) is 11.0 Å². The summed E-state index contributed by atoms with van der Waals surface area (Å²) >= 11 is 5.61. The second-order valence-electron chi connectivity index (χ2n) is 4.71. The van der Waals surface area contributed by atoms with E-state index in [2.05, 4.69) is 5.32 Å². The fourth-order valence-electron chi connectivity index (χ4n) is 2.35. The number of piperazine rings is 1. The van der Waals surface area contributed by atoms with Crippen LogP contribution in [0.5, 0.6) is 0 Å². The first-order chi connectivity index (χ1) is 9.34. The molecule has 0 saturated carbocycles. The third-order valence-electron chi connectivity index (χ3n) is 3.48. The van der Waals surface area contributed by atoms with E-state index >= 15 is 0 Å². The molecule has 1 N–H and O–H groups in total. The van der Waals surface area contributed by atoms with Gasteiger partial charge < -0.3 is 15.0 Å². The summed E-state index contributed by atoms with van der Waals surface area (Å²) < 4.78 is 38.6. The number of rotatable bonds is 2. The highest BCUT2D eigenvalue weighted by atomic mass is 35.5. The van der Waals surface area contributed by atoms with Crippen LogP contribution in [-0.4, -0.2) is 31.5 Å². The van der Waals surface area contributed by atoms with Crippen LogP contribution in [0.25, 0.3) is 0 Å². The summed E-state index contributed by atoms with van der Waals surface area (Å²) in [6.45, 7) is 2.87. The fraction of sp³-hybridized carbons (Fsp3) is 0.462. The van der Waals surface area contributed by atoms with Crippen LogP contribution in [0.3, 0.4) is 0 Å². The van der Waals surface area contributed by atoms with Gasteiger partial charge in [-0.05, 0) is 25.1 Å². The van der Waals surface area contributed by atoms with Crippen LogP contribution in [0.4, 0.5) is 18.9 Å². The van der Waals surface area contributed by atoms with E-state index in [0.29, 0.717) is 18.8 Å². The summed E-state index contributed by atoms with van der Waals surface area (Å²) in [6.07, 6.45) is -3.72. The maximum absolute atomic E-state index is 12.9. The Morgan fingerprint density at radius 3 is 2.75 bits per heavy atom. The third-order valence-corrected chi connectivity index (χ3v) is 3.81. The van der Waals surface area contributed by atoms with Crippen molar-refractivity contribution in [2.75, 3.05) is 18.0 Å². The van der Waals surface area contributed by atoms with Gasteiger partial charge in [-0.1, -0.05) is 11.6 Å². The molecule has 1 saturated heterocycles. The summed E-state index contributed by atoms with van der Waals surface area (Å²) in [4.78, 5) is 12.7. The van der Waals surface area contributed by atoms with Crippen molar-refractivity contribution >= 4 is 23.6 Å². The Hall–Kier alpha value is -1.27. The summed E-state index contributed by atoms with van der Waals surface area (Å²) in [7, 11) is 0. The molecular formula is C13H14ClF3N2O. The quantitative estimate of drug-likeness (QED) is 0.853. The SMILES string of the molecule is CC1C(C=O)NCCN1c1ccc(Cl)c(C(F)(F)F)c1. The highest BCUT2D eigenvalue weighted by Gasteiger charge is 2.35. The molecule has 0 amide bonds. The average Bonchev–Trinajstić information content (AvgIpc) is 2.38. The van der Waals surface area contributed by atoms with Gasteiger partial charge in [-0.25, -0.2) is 0 Å². The fourth-order valence-corrected chi connectivity index (χ4v) is 2.58. The third kappa shape index (κ3) is 2.91. The molecule has 0 bridgehead atoms. The summed E-state index contributed by atoms with van der Waals surface area (Å²) in [5, 5.41) is 2.69. The molecule has 1 aliphatic heterocycles. The minimum atomic E-state index is -4.49. The molecule has 1 aromatic rings. The van der Waals surface area contributed by atoms with Crippen LogP contribution in [0.2, 0.25) is 5.02 Å². The Bertz CT molecular complexity index is 507. The predicted octanol–water partition coefficient (Wildman–Crippen LogP) is 2.72. The maximum atomic E-state index is 12.9. The number of carbonyl (C=O) groups excluding carboxylic acids is 1. The second-order valence-corrected chi connectivity index (χ2v) is 5.12. The monoisotopic (exact) mass is 306 g/mol. The number of hydrogen-bond acceptors (Lipinski definition) is 3. The van der Waals surface area contributed by atoms with Crippen molar-refractivity contribution in [3.05, 3.63) is 28.8 Å². The van der Waals surface area contributed by atoms with E-state index in [9.17, 15) is 18.0 Å². The lowest BCUT2D eigenvalue weighted by Gasteiger charge is -2.39. The molecule has 20 heavy (non-hydrogen) atoms. The average molecular weight is 307 g/mol. The molecule has 7 heteroatoms. The predicted molar refractivity (Wildman–Crippen MR) is 71.1 cm³/mol. The molecule has 0 aliphatic carbocycles. The Kier molecular flexibility index (Phi) is 4.25. The zero-order valence-corrected chi connectivity index (χ0v) is 11.5. The zero-order valence-electron chi connectivity index (χ0n) is 10.7. The number of hydrogen-bond donors (Lipinski definition) is 1. The molecule has 1 fully saturated rings. The smallest absolute Gasteiger partial charge is 0.366 e. The first-order valence-corrected chi connectivity index (χ1v) is 6.54. The van der Waals surface area contributed by atoms with Gasteiger partial charge in [-0.15, -0.1) is 0 Å². The van der Waals surface area contributed by atoms with E-state index in [1.54, 1.807) is 17.9 Å². The molecule has 2 atom stereocenters. The molecule has 1 aliphatic rings. The Morgan fingerprint density at radius 2 is 2.15 bits per heavy atom. The molecule has 3 nitrogen and oxygen atoms in total. The number of carbonyl (C=O) groups is 1. The number of aldehydes is 1. The van der Waals surface area contributed by atoms with Crippen molar-refractivity contribution in [2.45, 2.75) is 25.2 Å². The van der Waals surface area contributed by atoms with Crippen LogP contribution in [0.1, 0.15) is 12.5 Å². The number of nitrogens with one attached hydrogen (secondary N) is 1. The summed E-state index contributed by atoms with van der Waals surface area (Å²) in [5.74, 6) is 0. The maximum Gasteiger partial charge on any atom is 0.417 e. The topological polar surface area (TPSA) is 32.3 Å². The van der Waals surface area contributed by atoms with E-state index < -0.39 is 17.8 Å². The van der Waals surface area contributed by atoms with Gasteiger partial charge in [-0.2, -0.15) is 13.2 Å². The van der Waals surface area contributed by atoms with Crippen molar-refractivity contribution < 1.29 is 18.0 Å². The number of halogens is 4. The molecule has 2 rings (SSSR count). The molecule has 110 valence electrons. The van der Waals surface area contributed by atoms with Crippen molar-refractivity contribution in [3.63, 3.8) is 0 Å². The standard InChI is InChI=1S/C13H14ClF3N2O/c1-8-12(7-20)18-4-5-19(8)9-2-3-11(14)10(6-9)13(15,16)17/h2-3,6-8,12,18H,4-5H2,1H3. The van der Waals surface area contributed by atoms with E-state index in [-0.39, 0.29) is 11.1 Å². The van der Waals surface area contributed by atoms with Gasteiger partial charge >= 0.3 is 6.18 Å². The van der Waals surface area contributed by atoms with Gasteiger partial charge in [0.25, 0.3) is 0 Å². The molecule has 2 unspecified atom stereocenters. The number of anilines is 1. The molecule has 0 aromatic heterocycles.